The van der Waals surface area contributed by atoms with Crippen LogP contribution in [-0.2, 0) is 11.2 Å². The molecule has 1 atom stereocenters. The third kappa shape index (κ3) is 3.83. The maximum Gasteiger partial charge on any atom is 0.258 e. The van der Waals surface area contributed by atoms with Crippen LogP contribution in [0.3, 0.4) is 0 Å². The van der Waals surface area contributed by atoms with E-state index < -0.39 is 0 Å². The summed E-state index contributed by atoms with van der Waals surface area (Å²) in [6.07, 6.45) is 8.98. The molecule has 2 amide bonds. The van der Waals surface area contributed by atoms with Crippen molar-refractivity contribution in [3.05, 3.63) is 59.8 Å². The summed E-state index contributed by atoms with van der Waals surface area (Å²) >= 11 is 0. The maximum atomic E-state index is 12.8. The Morgan fingerprint density at radius 3 is 2.83 bits per heavy atom. The number of nitrogens with zero attached hydrogens (tertiary/aromatic N) is 6. The van der Waals surface area contributed by atoms with Gasteiger partial charge >= 0.3 is 0 Å². The van der Waals surface area contributed by atoms with Gasteiger partial charge in [-0.1, -0.05) is 6.07 Å². The Bertz CT molecular complexity index is 1030. The van der Waals surface area contributed by atoms with Gasteiger partial charge in [-0.15, -0.1) is 0 Å². The number of hydrogen-bond donors (Lipinski definition) is 0. The monoisotopic (exact) mass is 392 g/mol. The van der Waals surface area contributed by atoms with Crippen molar-refractivity contribution in [2.45, 2.75) is 25.2 Å². The number of rotatable bonds is 4. The Morgan fingerprint density at radius 1 is 1.21 bits per heavy atom. The second-order valence-corrected chi connectivity index (χ2v) is 7.58. The molecule has 29 heavy (non-hydrogen) atoms. The quantitative estimate of drug-likeness (QED) is 0.676. The van der Waals surface area contributed by atoms with Crippen LogP contribution in [-0.4, -0.2) is 68.4 Å². The first-order valence-corrected chi connectivity index (χ1v) is 9.75. The molecule has 0 aromatic carbocycles. The number of hydrogen-bond acceptors (Lipinski definition) is 5. The Labute approximate surface area is 169 Å². The van der Waals surface area contributed by atoms with E-state index in [9.17, 15) is 9.59 Å². The molecule has 1 unspecified atom stereocenters. The van der Waals surface area contributed by atoms with Crippen LogP contribution in [0.4, 0.5) is 0 Å². The first-order chi connectivity index (χ1) is 14.0. The third-order valence-corrected chi connectivity index (χ3v) is 5.34. The molecule has 0 aliphatic carbocycles. The van der Waals surface area contributed by atoms with E-state index in [0.29, 0.717) is 24.2 Å². The summed E-state index contributed by atoms with van der Waals surface area (Å²) in [5.41, 5.74) is 2.94. The van der Waals surface area contributed by atoms with E-state index in [4.69, 9.17) is 0 Å². The molecule has 1 aliphatic rings. The van der Waals surface area contributed by atoms with Gasteiger partial charge in [0.15, 0.2) is 5.65 Å². The molecule has 0 saturated carbocycles. The van der Waals surface area contributed by atoms with Crippen molar-refractivity contribution < 1.29 is 9.59 Å². The minimum Gasteiger partial charge on any atom is -0.345 e. The largest absolute Gasteiger partial charge is 0.345 e. The van der Waals surface area contributed by atoms with Crippen molar-refractivity contribution in [1.82, 2.24) is 29.4 Å². The molecule has 4 heterocycles. The molecule has 0 spiro atoms. The summed E-state index contributed by atoms with van der Waals surface area (Å²) in [6.45, 7) is 1.39. The lowest BCUT2D eigenvalue weighted by atomic mass is 9.94. The van der Waals surface area contributed by atoms with Gasteiger partial charge in [-0.25, -0.2) is 9.50 Å². The Morgan fingerprint density at radius 2 is 2.07 bits per heavy atom. The Balaban J connectivity index is 1.56. The second-order valence-electron chi connectivity index (χ2n) is 7.58. The maximum absolute atomic E-state index is 12.8. The molecule has 8 heteroatoms. The Kier molecular flexibility index (Phi) is 5.24. The molecule has 3 aromatic heterocycles. The fourth-order valence-electron chi connectivity index (χ4n) is 3.84. The first kappa shape index (κ1) is 19.0. The van der Waals surface area contributed by atoms with E-state index in [1.54, 1.807) is 43.4 Å². The molecule has 0 bridgehead atoms. The SMILES string of the molecule is CN(C)C(=O)c1cnn2c(C3CCCN(C(=O)Cc4cccnc4)C3)ccnc12. The molecule has 1 fully saturated rings. The molecular formula is C21H24N6O2. The molecule has 1 saturated heterocycles. The number of aromatic nitrogens is 4. The van der Waals surface area contributed by atoms with Crippen LogP contribution in [0.5, 0.6) is 0 Å². The van der Waals surface area contributed by atoms with E-state index in [1.807, 2.05) is 23.1 Å². The van der Waals surface area contributed by atoms with Gasteiger partial charge in [0, 0.05) is 51.7 Å². The van der Waals surface area contributed by atoms with E-state index in [-0.39, 0.29) is 17.7 Å². The van der Waals surface area contributed by atoms with Crippen LogP contribution in [0, 0.1) is 0 Å². The van der Waals surface area contributed by atoms with Gasteiger partial charge in [-0.2, -0.15) is 5.10 Å². The van der Waals surface area contributed by atoms with Crippen molar-refractivity contribution >= 4 is 17.5 Å². The van der Waals surface area contributed by atoms with Gasteiger partial charge in [-0.3, -0.25) is 14.6 Å². The molecule has 3 aromatic rings. The fraction of sp³-hybridized carbons (Fsp3) is 0.381. The summed E-state index contributed by atoms with van der Waals surface area (Å²) in [5, 5.41) is 4.43. The number of fused-ring (bicyclic) bond motifs is 1. The van der Waals surface area contributed by atoms with Gasteiger partial charge in [0.05, 0.1) is 18.3 Å². The van der Waals surface area contributed by atoms with Crippen molar-refractivity contribution in [2.75, 3.05) is 27.2 Å². The zero-order valence-corrected chi connectivity index (χ0v) is 16.7. The summed E-state index contributed by atoms with van der Waals surface area (Å²) in [5.74, 6) is 0.132. The average Bonchev–Trinajstić information content (AvgIpc) is 3.18. The lowest BCUT2D eigenvalue weighted by molar-refractivity contribution is -0.131. The minimum absolute atomic E-state index is 0.108. The first-order valence-electron chi connectivity index (χ1n) is 9.75. The summed E-state index contributed by atoms with van der Waals surface area (Å²) in [6, 6.07) is 5.70. The number of carbonyl (C=O) groups is 2. The van der Waals surface area contributed by atoms with Crippen molar-refractivity contribution in [3.63, 3.8) is 0 Å². The molecular weight excluding hydrogens is 368 g/mol. The fourth-order valence-corrected chi connectivity index (χ4v) is 3.84. The molecule has 4 rings (SSSR count). The lowest BCUT2D eigenvalue weighted by Gasteiger charge is -2.33. The molecule has 0 N–H and O–H groups in total. The number of carbonyl (C=O) groups excluding carboxylic acids is 2. The predicted octanol–water partition coefficient (Wildman–Crippen LogP) is 1.77. The molecule has 8 nitrogen and oxygen atoms in total. The highest BCUT2D eigenvalue weighted by atomic mass is 16.2. The number of amides is 2. The van der Waals surface area contributed by atoms with Gasteiger partial charge in [0.1, 0.15) is 5.56 Å². The normalized spacial score (nSPS) is 16.8. The van der Waals surface area contributed by atoms with E-state index >= 15 is 0 Å². The topological polar surface area (TPSA) is 83.7 Å². The smallest absolute Gasteiger partial charge is 0.258 e. The number of pyridine rings is 1. The van der Waals surface area contributed by atoms with E-state index in [1.165, 1.54) is 4.90 Å². The summed E-state index contributed by atoms with van der Waals surface area (Å²) in [4.78, 5) is 37.1. The number of likely N-dealkylation sites (tertiary alicyclic amines) is 1. The van der Waals surface area contributed by atoms with Gasteiger partial charge in [-0.05, 0) is 30.5 Å². The lowest BCUT2D eigenvalue weighted by Crippen LogP contribution is -2.40. The zero-order chi connectivity index (χ0) is 20.4. The minimum atomic E-state index is -0.124. The zero-order valence-electron chi connectivity index (χ0n) is 16.7. The molecule has 0 radical (unpaired) electrons. The van der Waals surface area contributed by atoms with Crippen molar-refractivity contribution in [3.8, 4) is 0 Å². The molecule has 1 aliphatic heterocycles. The second kappa shape index (κ2) is 7.98. The van der Waals surface area contributed by atoms with Crippen LogP contribution in [0.15, 0.2) is 43.0 Å². The van der Waals surface area contributed by atoms with E-state index in [2.05, 4.69) is 15.1 Å². The van der Waals surface area contributed by atoms with Gasteiger partial charge < -0.3 is 9.80 Å². The van der Waals surface area contributed by atoms with Crippen LogP contribution in [0.1, 0.15) is 40.4 Å². The molecule has 150 valence electrons. The summed E-state index contributed by atoms with van der Waals surface area (Å²) in [7, 11) is 3.42. The van der Waals surface area contributed by atoms with Crippen molar-refractivity contribution in [1.29, 1.82) is 0 Å². The van der Waals surface area contributed by atoms with Crippen LogP contribution >= 0.6 is 0 Å². The van der Waals surface area contributed by atoms with Crippen LogP contribution in [0.2, 0.25) is 0 Å². The third-order valence-electron chi connectivity index (χ3n) is 5.34. The van der Waals surface area contributed by atoms with Crippen LogP contribution < -0.4 is 0 Å². The highest BCUT2D eigenvalue weighted by molar-refractivity contribution is 5.99. The average molecular weight is 392 g/mol. The summed E-state index contributed by atoms with van der Waals surface area (Å²) < 4.78 is 1.75. The van der Waals surface area contributed by atoms with Gasteiger partial charge in [0.25, 0.3) is 5.91 Å². The highest BCUT2D eigenvalue weighted by Crippen LogP contribution is 2.28. The van der Waals surface area contributed by atoms with Crippen LogP contribution in [0.25, 0.3) is 5.65 Å². The van der Waals surface area contributed by atoms with E-state index in [0.717, 1.165) is 30.6 Å². The predicted molar refractivity (Wildman–Crippen MR) is 108 cm³/mol. The highest BCUT2D eigenvalue weighted by Gasteiger charge is 2.27. The number of piperidine rings is 1. The van der Waals surface area contributed by atoms with Gasteiger partial charge in [0.2, 0.25) is 5.91 Å². The Hall–Kier alpha value is -3.29. The standard InChI is InChI=1S/C21H24N6O2/c1-25(2)21(29)17-13-24-27-18(7-9-23-20(17)27)16-6-4-10-26(14-16)19(28)11-15-5-3-8-22-12-15/h3,5,7-9,12-13,16H,4,6,10-11,14H2,1-2H3. The van der Waals surface area contributed by atoms with Crippen molar-refractivity contribution in [2.24, 2.45) is 0 Å².